The molecule has 4 nitrogen and oxygen atoms in total. The Kier molecular flexibility index (Phi) is 2.54. The molecule has 0 bridgehead atoms. The highest BCUT2D eigenvalue weighted by atomic mass is 35.5. The maximum absolute atomic E-state index is 5.76. The van der Waals surface area contributed by atoms with Gasteiger partial charge in [0.2, 0.25) is 5.28 Å². The molecule has 1 saturated carbocycles. The fourth-order valence-corrected chi connectivity index (χ4v) is 1.29. The van der Waals surface area contributed by atoms with Crippen molar-refractivity contribution in [1.29, 1.82) is 0 Å². The van der Waals surface area contributed by atoms with Gasteiger partial charge in [-0.2, -0.15) is 9.97 Å². The maximum Gasteiger partial charge on any atom is 0.321 e. The van der Waals surface area contributed by atoms with Crippen LogP contribution in [-0.4, -0.2) is 21.1 Å². The molecule has 0 N–H and O–H groups in total. The minimum Gasteiger partial charge on any atom is -0.461 e. The zero-order valence-electron chi connectivity index (χ0n) is 8.20. The Morgan fingerprint density at radius 3 is 2.57 bits per heavy atom. The highest BCUT2D eigenvalue weighted by Crippen LogP contribution is 2.38. The van der Waals surface area contributed by atoms with Gasteiger partial charge in [0, 0.05) is 5.92 Å². The molecule has 0 aliphatic heterocycles. The first-order chi connectivity index (χ1) is 6.65. The van der Waals surface area contributed by atoms with Crippen LogP contribution in [0.2, 0.25) is 5.28 Å². The fourth-order valence-electron chi connectivity index (χ4n) is 1.13. The van der Waals surface area contributed by atoms with Gasteiger partial charge < -0.3 is 4.74 Å². The highest BCUT2D eigenvalue weighted by Gasteiger charge is 2.27. The van der Waals surface area contributed by atoms with E-state index >= 15 is 0 Å². The van der Waals surface area contributed by atoms with E-state index in [2.05, 4.69) is 15.0 Å². The zero-order valence-corrected chi connectivity index (χ0v) is 8.95. The predicted octanol–water partition coefficient (Wildman–Crippen LogP) is 2.19. The van der Waals surface area contributed by atoms with Crippen molar-refractivity contribution in [3.63, 3.8) is 0 Å². The van der Waals surface area contributed by atoms with Crippen molar-refractivity contribution in [1.82, 2.24) is 15.0 Å². The molecule has 0 saturated heterocycles. The van der Waals surface area contributed by atoms with E-state index in [1.807, 2.05) is 13.8 Å². The predicted molar refractivity (Wildman–Crippen MR) is 52.6 cm³/mol. The van der Waals surface area contributed by atoms with E-state index in [-0.39, 0.29) is 11.4 Å². The SMILES string of the molecule is CC(C)Oc1nc(Cl)nc(C2CC2)n1. The number of rotatable bonds is 3. The standard InChI is InChI=1S/C9H12ClN3O/c1-5(2)14-9-12-7(6-3-4-6)11-8(10)13-9/h5-6H,3-4H2,1-2H3. The Balaban J connectivity index is 2.22. The summed E-state index contributed by atoms with van der Waals surface area (Å²) < 4.78 is 5.37. The van der Waals surface area contributed by atoms with Gasteiger partial charge in [-0.05, 0) is 38.3 Å². The number of ether oxygens (including phenoxy) is 1. The third-order valence-electron chi connectivity index (χ3n) is 1.89. The van der Waals surface area contributed by atoms with Gasteiger partial charge in [0.05, 0.1) is 6.10 Å². The summed E-state index contributed by atoms with van der Waals surface area (Å²) in [5.74, 6) is 1.23. The first kappa shape index (κ1) is 9.65. The molecular weight excluding hydrogens is 202 g/mol. The second-order valence-corrected chi connectivity index (χ2v) is 4.02. The van der Waals surface area contributed by atoms with Crippen molar-refractivity contribution < 1.29 is 4.74 Å². The summed E-state index contributed by atoms with van der Waals surface area (Å²) in [5, 5.41) is 0.220. The topological polar surface area (TPSA) is 47.9 Å². The van der Waals surface area contributed by atoms with Crippen LogP contribution in [-0.2, 0) is 0 Å². The van der Waals surface area contributed by atoms with Crippen LogP contribution in [0.4, 0.5) is 0 Å². The van der Waals surface area contributed by atoms with Crippen molar-refractivity contribution in [2.24, 2.45) is 0 Å². The Morgan fingerprint density at radius 1 is 1.29 bits per heavy atom. The van der Waals surface area contributed by atoms with Crippen molar-refractivity contribution in [3.05, 3.63) is 11.1 Å². The zero-order chi connectivity index (χ0) is 10.1. The minimum atomic E-state index is 0.0560. The number of nitrogens with zero attached hydrogens (tertiary/aromatic N) is 3. The van der Waals surface area contributed by atoms with Crippen LogP contribution >= 0.6 is 11.6 Å². The Labute approximate surface area is 87.7 Å². The van der Waals surface area contributed by atoms with E-state index in [4.69, 9.17) is 16.3 Å². The normalized spacial score (nSPS) is 16.0. The summed E-state index contributed by atoms with van der Waals surface area (Å²) in [4.78, 5) is 12.2. The monoisotopic (exact) mass is 213 g/mol. The van der Waals surface area contributed by atoms with Crippen LogP contribution in [0.25, 0.3) is 0 Å². The largest absolute Gasteiger partial charge is 0.461 e. The second-order valence-electron chi connectivity index (χ2n) is 3.69. The van der Waals surface area contributed by atoms with E-state index in [0.29, 0.717) is 11.9 Å². The smallest absolute Gasteiger partial charge is 0.321 e. The summed E-state index contributed by atoms with van der Waals surface area (Å²) >= 11 is 5.76. The van der Waals surface area contributed by atoms with Crippen molar-refractivity contribution in [2.75, 3.05) is 0 Å². The van der Waals surface area contributed by atoms with E-state index < -0.39 is 0 Å². The van der Waals surface area contributed by atoms with Gasteiger partial charge in [-0.3, -0.25) is 0 Å². The lowest BCUT2D eigenvalue weighted by Gasteiger charge is -2.08. The summed E-state index contributed by atoms with van der Waals surface area (Å²) in [5.41, 5.74) is 0. The van der Waals surface area contributed by atoms with Gasteiger partial charge >= 0.3 is 6.01 Å². The molecule has 14 heavy (non-hydrogen) atoms. The van der Waals surface area contributed by atoms with Crippen LogP contribution in [0, 0.1) is 0 Å². The van der Waals surface area contributed by atoms with Gasteiger partial charge in [0.15, 0.2) is 0 Å². The third-order valence-corrected chi connectivity index (χ3v) is 2.06. The molecule has 76 valence electrons. The number of halogens is 1. The van der Waals surface area contributed by atoms with E-state index in [1.54, 1.807) is 0 Å². The number of aromatic nitrogens is 3. The number of hydrogen-bond acceptors (Lipinski definition) is 4. The molecule has 1 aliphatic rings. The second kappa shape index (κ2) is 3.69. The molecular formula is C9H12ClN3O. The number of hydrogen-bond donors (Lipinski definition) is 0. The summed E-state index contributed by atoms with van der Waals surface area (Å²) in [6, 6.07) is 0.335. The molecule has 0 atom stereocenters. The fraction of sp³-hybridized carbons (Fsp3) is 0.667. The van der Waals surface area contributed by atoms with Crippen molar-refractivity contribution in [3.8, 4) is 6.01 Å². The average molecular weight is 214 g/mol. The Morgan fingerprint density at radius 2 is 2.00 bits per heavy atom. The van der Waals surface area contributed by atoms with Gasteiger partial charge in [0.25, 0.3) is 0 Å². The molecule has 0 radical (unpaired) electrons. The lowest BCUT2D eigenvalue weighted by molar-refractivity contribution is 0.220. The van der Waals surface area contributed by atoms with E-state index in [0.717, 1.165) is 18.7 Å². The van der Waals surface area contributed by atoms with Gasteiger partial charge in [-0.1, -0.05) is 0 Å². The van der Waals surface area contributed by atoms with E-state index in [1.165, 1.54) is 0 Å². The van der Waals surface area contributed by atoms with Crippen LogP contribution in [0.1, 0.15) is 38.4 Å². The maximum atomic E-state index is 5.76. The molecule has 1 aromatic rings. The Hall–Kier alpha value is -0.900. The van der Waals surface area contributed by atoms with Crippen molar-refractivity contribution in [2.45, 2.75) is 38.7 Å². The van der Waals surface area contributed by atoms with Crippen molar-refractivity contribution >= 4 is 11.6 Å². The molecule has 1 aliphatic carbocycles. The highest BCUT2D eigenvalue weighted by molar-refractivity contribution is 6.28. The molecule has 0 amide bonds. The van der Waals surface area contributed by atoms with Gasteiger partial charge in [-0.15, -0.1) is 0 Å². The van der Waals surface area contributed by atoms with Gasteiger partial charge in [-0.25, -0.2) is 4.98 Å². The molecule has 1 heterocycles. The third kappa shape index (κ3) is 2.32. The molecule has 0 aromatic carbocycles. The van der Waals surface area contributed by atoms with E-state index in [9.17, 15) is 0 Å². The van der Waals surface area contributed by atoms with Crippen LogP contribution in [0.5, 0.6) is 6.01 Å². The quantitative estimate of drug-likeness (QED) is 0.772. The lowest BCUT2D eigenvalue weighted by Crippen LogP contribution is -2.10. The summed E-state index contributed by atoms with van der Waals surface area (Å²) in [6.45, 7) is 3.85. The first-order valence-corrected chi connectivity index (χ1v) is 5.11. The first-order valence-electron chi connectivity index (χ1n) is 4.73. The summed E-state index contributed by atoms with van der Waals surface area (Å²) in [7, 11) is 0. The summed E-state index contributed by atoms with van der Waals surface area (Å²) in [6.07, 6.45) is 2.34. The van der Waals surface area contributed by atoms with Crippen LogP contribution in [0.15, 0.2) is 0 Å². The molecule has 2 rings (SSSR count). The minimum absolute atomic E-state index is 0.0560. The van der Waals surface area contributed by atoms with Crippen LogP contribution in [0.3, 0.4) is 0 Å². The lowest BCUT2D eigenvalue weighted by atomic mass is 10.4. The Bertz CT molecular complexity index is 339. The molecule has 1 aromatic heterocycles. The molecule has 0 spiro atoms. The van der Waals surface area contributed by atoms with Gasteiger partial charge in [0.1, 0.15) is 5.82 Å². The average Bonchev–Trinajstić information content (AvgIpc) is 2.82. The van der Waals surface area contributed by atoms with Crippen LogP contribution < -0.4 is 4.74 Å². The molecule has 1 fully saturated rings. The molecule has 0 unspecified atom stereocenters. The molecule has 5 heteroatoms.